The van der Waals surface area contributed by atoms with Crippen molar-refractivity contribution >= 4 is 17.7 Å². The van der Waals surface area contributed by atoms with Gasteiger partial charge in [0.25, 0.3) is 17.7 Å². The van der Waals surface area contributed by atoms with E-state index in [0.717, 1.165) is 18.2 Å². The van der Waals surface area contributed by atoms with Crippen LogP contribution in [-0.4, -0.2) is 38.0 Å². The summed E-state index contributed by atoms with van der Waals surface area (Å²) < 4.78 is 46.6. The van der Waals surface area contributed by atoms with Gasteiger partial charge in [0.15, 0.2) is 11.5 Å². The van der Waals surface area contributed by atoms with Gasteiger partial charge in [-0.2, -0.15) is 8.78 Å². The van der Waals surface area contributed by atoms with Crippen molar-refractivity contribution in [2.45, 2.75) is 6.61 Å². The van der Waals surface area contributed by atoms with Crippen molar-refractivity contribution in [1.82, 2.24) is 16.2 Å². The zero-order valence-electron chi connectivity index (χ0n) is 15.0. The molecule has 3 amide bonds. The second-order valence-corrected chi connectivity index (χ2v) is 5.44. The minimum Gasteiger partial charge on any atom is -0.493 e. The molecule has 2 aromatic rings. The van der Waals surface area contributed by atoms with E-state index in [0.29, 0.717) is 0 Å². The largest absolute Gasteiger partial charge is 0.493 e. The number of carbonyl (C=O) groups is 3. The van der Waals surface area contributed by atoms with Crippen LogP contribution in [-0.2, 0) is 4.79 Å². The molecule has 0 radical (unpaired) electrons. The minimum atomic E-state index is -3.06. The molecule has 0 atom stereocenters. The first-order chi connectivity index (χ1) is 13.8. The van der Waals surface area contributed by atoms with E-state index in [1.54, 1.807) is 0 Å². The van der Waals surface area contributed by atoms with Crippen LogP contribution in [0.25, 0.3) is 0 Å². The number of alkyl halides is 2. The first-order valence-corrected chi connectivity index (χ1v) is 8.06. The Bertz CT molecular complexity index is 891. The number of methoxy groups -OCH3 is 1. The van der Waals surface area contributed by atoms with Crippen molar-refractivity contribution in [2.24, 2.45) is 0 Å². The predicted molar refractivity (Wildman–Crippen MR) is 94.0 cm³/mol. The number of hydrogen-bond acceptors (Lipinski definition) is 5. The van der Waals surface area contributed by atoms with Crippen molar-refractivity contribution in [1.29, 1.82) is 0 Å². The van der Waals surface area contributed by atoms with E-state index in [2.05, 4.69) is 20.9 Å². The monoisotopic (exact) mass is 411 g/mol. The van der Waals surface area contributed by atoms with Gasteiger partial charge in [0, 0.05) is 11.1 Å². The number of carbonyl (C=O) groups excluding carboxylic acids is 3. The van der Waals surface area contributed by atoms with Crippen LogP contribution in [0.3, 0.4) is 0 Å². The smallest absolute Gasteiger partial charge is 0.387 e. The van der Waals surface area contributed by atoms with Crippen LogP contribution in [0, 0.1) is 5.82 Å². The summed E-state index contributed by atoms with van der Waals surface area (Å²) in [6, 6.07) is 8.14. The number of hydrazine groups is 1. The Labute approximate surface area is 163 Å². The summed E-state index contributed by atoms with van der Waals surface area (Å²) in [7, 11) is 1.21. The van der Waals surface area contributed by atoms with E-state index in [1.165, 1.54) is 31.4 Å². The molecule has 0 aromatic heterocycles. The SMILES string of the molecule is COc1cc(C(=O)NCC(=O)NNC(=O)c2ccc(F)cc2)ccc1OC(F)F. The number of hydrogen-bond donors (Lipinski definition) is 3. The van der Waals surface area contributed by atoms with E-state index < -0.39 is 36.7 Å². The molecule has 3 N–H and O–H groups in total. The summed E-state index contributed by atoms with van der Waals surface area (Å²) in [6.45, 7) is -3.54. The molecule has 2 aromatic carbocycles. The molecule has 0 aliphatic rings. The summed E-state index contributed by atoms with van der Waals surface area (Å²) in [5, 5.41) is 2.28. The van der Waals surface area contributed by atoms with Crippen LogP contribution in [0.4, 0.5) is 13.2 Å². The fourth-order valence-corrected chi connectivity index (χ4v) is 2.11. The Hall–Kier alpha value is -3.76. The molecular formula is C18H16F3N3O5. The molecule has 2 rings (SSSR count). The predicted octanol–water partition coefficient (Wildman–Crippen LogP) is 1.63. The Morgan fingerprint density at radius 3 is 2.21 bits per heavy atom. The van der Waals surface area contributed by atoms with Crippen LogP contribution >= 0.6 is 0 Å². The molecule has 0 heterocycles. The van der Waals surface area contributed by atoms with E-state index in [1.807, 2.05) is 0 Å². The molecule has 154 valence electrons. The molecule has 8 nitrogen and oxygen atoms in total. The lowest BCUT2D eigenvalue weighted by Crippen LogP contribution is -2.46. The number of ether oxygens (including phenoxy) is 2. The second-order valence-electron chi connectivity index (χ2n) is 5.44. The third-order valence-corrected chi connectivity index (χ3v) is 3.47. The van der Waals surface area contributed by atoms with Gasteiger partial charge in [0.2, 0.25) is 0 Å². The van der Waals surface area contributed by atoms with Crippen LogP contribution in [0.15, 0.2) is 42.5 Å². The zero-order valence-corrected chi connectivity index (χ0v) is 15.0. The average molecular weight is 411 g/mol. The van der Waals surface area contributed by atoms with Gasteiger partial charge in [-0.25, -0.2) is 4.39 Å². The summed E-state index contributed by atoms with van der Waals surface area (Å²) in [5.41, 5.74) is 4.34. The maximum atomic E-state index is 12.8. The number of benzene rings is 2. The van der Waals surface area contributed by atoms with Crippen LogP contribution < -0.4 is 25.6 Å². The van der Waals surface area contributed by atoms with Gasteiger partial charge in [-0.3, -0.25) is 25.2 Å². The van der Waals surface area contributed by atoms with Crippen molar-refractivity contribution in [3.63, 3.8) is 0 Å². The van der Waals surface area contributed by atoms with Crippen molar-refractivity contribution in [2.75, 3.05) is 13.7 Å². The van der Waals surface area contributed by atoms with E-state index >= 15 is 0 Å². The Balaban J connectivity index is 1.85. The number of nitrogens with one attached hydrogen (secondary N) is 3. The molecule has 0 aliphatic carbocycles. The lowest BCUT2D eigenvalue weighted by atomic mass is 10.2. The highest BCUT2D eigenvalue weighted by Crippen LogP contribution is 2.29. The minimum absolute atomic E-state index is 0.0339. The lowest BCUT2D eigenvalue weighted by molar-refractivity contribution is -0.120. The molecule has 0 bridgehead atoms. The van der Waals surface area contributed by atoms with Gasteiger partial charge in [0.1, 0.15) is 5.82 Å². The van der Waals surface area contributed by atoms with Gasteiger partial charge >= 0.3 is 6.61 Å². The average Bonchev–Trinajstić information content (AvgIpc) is 2.70. The lowest BCUT2D eigenvalue weighted by Gasteiger charge is -2.12. The summed E-state index contributed by atoms with van der Waals surface area (Å²) in [5.74, 6) is -2.96. The van der Waals surface area contributed by atoms with Crippen molar-refractivity contribution in [3.05, 3.63) is 59.4 Å². The molecule has 0 spiro atoms. The van der Waals surface area contributed by atoms with Crippen molar-refractivity contribution in [3.8, 4) is 11.5 Å². The summed E-state index contributed by atoms with van der Waals surface area (Å²) >= 11 is 0. The van der Waals surface area contributed by atoms with Gasteiger partial charge in [0.05, 0.1) is 13.7 Å². The molecule has 0 saturated carbocycles. The highest BCUT2D eigenvalue weighted by molar-refractivity contribution is 5.98. The Morgan fingerprint density at radius 1 is 0.931 bits per heavy atom. The molecule has 0 unspecified atom stereocenters. The quantitative estimate of drug-likeness (QED) is 0.601. The second kappa shape index (κ2) is 9.97. The zero-order chi connectivity index (χ0) is 21.4. The molecular weight excluding hydrogens is 395 g/mol. The van der Waals surface area contributed by atoms with Gasteiger partial charge in [-0.1, -0.05) is 0 Å². The topological polar surface area (TPSA) is 106 Å². The normalized spacial score (nSPS) is 10.2. The number of halogens is 3. The maximum absolute atomic E-state index is 12.8. The molecule has 29 heavy (non-hydrogen) atoms. The number of rotatable bonds is 7. The Kier molecular flexibility index (Phi) is 7.40. The van der Waals surface area contributed by atoms with Crippen LogP contribution in [0.5, 0.6) is 11.5 Å². The van der Waals surface area contributed by atoms with Crippen LogP contribution in [0.1, 0.15) is 20.7 Å². The third-order valence-electron chi connectivity index (χ3n) is 3.47. The third kappa shape index (κ3) is 6.41. The van der Waals surface area contributed by atoms with Gasteiger partial charge in [-0.15, -0.1) is 0 Å². The summed E-state index contributed by atoms with van der Waals surface area (Å²) in [4.78, 5) is 35.6. The van der Waals surface area contributed by atoms with Crippen LogP contribution in [0.2, 0.25) is 0 Å². The molecule has 0 aliphatic heterocycles. The molecule has 11 heteroatoms. The highest BCUT2D eigenvalue weighted by atomic mass is 19.3. The van der Waals surface area contributed by atoms with Gasteiger partial charge < -0.3 is 14.8 Å². The van der Waals surface area contributed by atoms with E-state index in [4.69, 9.17) is 4.74 Å². The number of amides is 3. The maximum Gasteiger partial charge on any atom is 0.387 e. The fourth-order valence-electron chi connectivity index (χ4n) is 2.11. The van der Waals surface area contributed by atoms with E-state index in [9.17, 15) is 27.6 Å². The Morgan fingerprint density at radius 2 is 1.59 bits per heavy atom. The summed E-state index contributed by atoms with van der Waals surface area (Å²) in [6.07, 6.45) is 0. The highest BCUT2D eigenvalue weighted by Gasteiger charge is 2.15. The van der Waals surface area contributed by atoms with Crippen molar-refractivity contribution < 1.29 is 37.0 Å². The molecule has 0 fully saturated rings. The first-order valence-electron chi connectivity index (χ1n) is 8.06. The molecule has 0 saturated heterocycles. The fraction of sp³-hybridized carbons (Fsp3) is 0.167. The standard InChI is InChI=1S/C18H16F3N3O5/c1-28-14-8-11(4-7-13(14)29-18(20)21)16(26)22-9-15(25)23-24-17(27)10-2-5-12(19)6-3-10/h2-8,18H,9H2,1H3,(H,22,26)(H,23,25)(H,24,27). The first kappa shape index (κ1) is 21.5. The van der Waals surface area contributed by atoms with Gasteiger partial charge in [-0.05, 0) is 42.5 Å². The van der Waals surface area contributed by atoms with E-state index in [-0.39, 0.29) is 22.6 Å².